The summed E-state index contributed by atoms with van der Waals surface area (Å²) < 4.78 is 52.1. The van der Waals surface area contributed by atoms with Crippen LogP contribution in [0.1, 0.15) is 0 Å². The Kier molecular flexibility index (Phi) is 6.42. The van der Waals surface area contributed by atoms with Crippen LogP contribution in [0.3, 0.4) is 0 Å². The number of carbonyl (C=O) groups excluding carboxylic acids is 1. The average Bonchev–Trinajstić information content (AvgIpc) is 3.14. The van der Waals surface area contributed by atoms with Crippen molar-refractivity contribution in [3.8, 4) is 0 Å². The van der Waals surface area contributed by atoms with E-state index < -0.39 is 22.5 Å². The van der Waals surface area contributed by atoms with Crippen molar-refractivity contribution in [1.29, 1.82) is 0 Å². The van der Waals surface area contributed by atoms with Gasteiger partial charge in [0, 0.05) is 43.4 Å². The van der Waals surface area contributed by atoms with Gasteiger partial charge in [0.2, 0.25) is 0 Å². The highest BCUT2D eigenvalue weighted by Crippen LogP contribution is 2.21. The highest BCUT2D eigenvalue weighted by atomic mass is 32.2. The first kappa shape index (κ1) is 20.4. The van der Waals surface area contributed by atoms with E-state index in [0.717, 1.165) is 11.3 Å². The number of thiazole rings is 1. The largest absolute Gasteiger partial charge is 0.322 e. The van der Waals surface area contributed by atoms with Crippen LogP contribution in [0.2, 0.25) is 0 Å². The van der Waals surface area contributed by atoms with Gasteiger partial charge in [0.05, 0.1) is 11.4 Å². The zero-order valence-electron chi connectivity index (χ0n) is 14.7. The maximum atomic E-state index is 12.4. The number of aromatic nitrogens is 1. The number of amides is 2. The molecule has 0 unspecified atom stereocenters. The zero-order valence-corrected chi connectivity index (χ0v) is 16.3. The van der Waals surface area contributed by atoms with Gasteiger partial charge < -0.3 is 10.2 Å². The molecule has 0 saturated carbocycles. The summed E-state index contributed by atoms with van der Waals surface area (Å²) in [5.41, 5.74) is 0.321. The molecule has 28 heavy (non-hydrogen) atoms. The summed E-state index contributed by atoms with van der Waals surface area (Å²) in [6.07, 6.45) is -0.914. The van der Waals surface area contributed by atoms with Gasteiger partial charge in [-0.15, -0.1) is 11.3 Å². The molecule has 1 saturated heterocycles. The molecule has 0 aliphatic carbocycles. The minimum Gasteiger partial charge on any atom is -0.322 e. The maximum Gasteiger partial charge on any atom is 0.321 e. The number of sulfonamides is 1. The summed E-state index contributed by atoms with van der Waals surface area (Å²) in [7, 11) is -3.83. The van der Waals surface area contributed by atoms with Gasteiger partial charge in [0.1, 0.15) is 0 Å². The van der Waals surface area contributed by atoms with Crippen LogP contribution in [-0.2, 0) is 10.0 Å². The third-order valence-corrected chi connectivity index (χ3v) is 6.26. The summed E-state index contributed by atoms with van der Waals surface area (Å²) >= 11 is 1.15. The lowest BCUT2D eigenvalue weighted by molar-refractivity contribution is 0.0651. The minimum absolute atomic E-state index is 0.0118. The summed E-state index contributed by atoms with van der Waals surface area (Å²) in [5.74, 6) is 0. The van der Waals surface area contributed by atoms with Crippen molar-refractivity contribution in [1.82, 2.24) is 14.8 Å². The Morgan fingerprint density at radius 3 is 2.64 bits per heavy atom. The predicted octanol–water partition coefficient (Wildman–Crippen LogP) is 2.36. The lowest BCUT2D eigenvalue weighted by Gasteiger charge is -2.34. The summed E-state index contributed by atoms with van der Waals surface area (Å²) in [6.45, 7) is 1.07. The number of alkyl halides is 2. The fourth-order valence-corrected chi connectivity index (χ4v) is 4.55. The average molecular weight is 431 g/mol. The molecule has 12 heteroatoms. The Bertz CT molecular complexity index is 901. The van der Waals surface area contributed by atoms with Crippen LogP contribution in [0.5, 0.6) is 0 Å². The van der Waals surface area contributed by atoms with Crippen molar-refractivity contribution in [3.05, 3.63) is 35.8 Å². The second-order valence-corrected chi connectivity index (χ2v) is 8.66. The van der Waals surface area contributed by atoms with Gasteiger partial charge in [-0.3, -0.25) is 9.62 Å². The first-order valence-electron chi connectivity index (χ1n) is 8.42. The molecule has 1 fully saturated rings. The molecule has 152 valence electrons. The van der Waals surface area contributed by atoms with E-state index in [1.807, 2.05) is 0 Å². The van der Waals surface area contributed by atoms with Crippen LogP contribution in [0.4, 0.5) is 24.4 Å². The number of hydrogen-bond donors (Lipinski definition) is 2. The molecule has 0 spiro atoms. The molecule has 1 aromatic carbocycles. The Balaban J connectivity index is 1.61. The van der Waals surface area contributed by atoms with Crippen LogP contribution in [0, 0.1) is 0 Å². The number of benzene rings is 1. The molecule has 0 radical (unpaired) electrons. The molecule has 0 atom stereocenters. The fraction of sp³-hybridized carbons (Fsp3) is 0.375. The lowest BCUT2D eigenvalue weighted by Crippen LogP contribution is -2.50. The number of piperazine rings is 1. The van der Waals surface area contributed by atoms with Crippen LogP contribution in [0.15, 0.2) is 40.7 Å². The summed E-state index contributed by atoms with van der Waals surface area (Å²) in [4.78, 5) is 19.4. The molecule has 0 bridgehead atoms. The number of nitrogens with zero attached hydrogens (tertiary/aromatic N) is 3. The van der Waals surface area contributed by atoms with Crippen molar-refractivity contribution in [3.63, 3.8) is 0 Å². The number of rotatable bonds is 6. The number of hydrogen-bond acceptors (Lipinski definition) is 6. The van der Waals surface area contributed by atoms with Crippen molar-refractivity contribution in [2.75, 3.05) is 42.8 Å². The summed E-state index contributed by atoms with van der Waals surface area (Å²) in [5, 5.41) is 4.55. The van der Waals surface area contributed by atoms with Crippen LogP contribution in [-0.4, -0.2) is 68.4 Å². The molecule has 2 aromatic rings. The smallest absolute Gasteiger partial charge is 0.321 e. The molecule has 1 aliphatic heterocycles. The molecule has 2 N–H and O–H groups in total. The number of nitrogens with one attached hydrogen (secondary N) is 2. The zero-order chi connectivity index (χ0) is 20.1. The minimum atomic E-state index is -3.83. The van der Waals surface area contributed by atoms with Gasteiger partial charge in [-0.2, -0.15) is 0 Å². The molecular weight excluding hydrogens is 412 g/mol. The normalized spacial score (nSPS) is 15.6. The quantitative estimate of drug-likeness (QED) is 0.732. The van der Waals surface area contributed by atoms with Crippen molar-refractivity contribution in [2.45, 2.75) is 11.3 Å². The molecule has 2 amide bonds. The number of halogens is 2. The monoisotopic (exact) mass is 431 g/mol. The number of carbonyl (C=O) groups is 1. The van der Waals surface area contributed by atoms with E-state index in [9.17, 15) is 22.0 Å². The van der Waals surface area contributed by atoms with Crippen LogP contribution < -0.4 is 10.0 Å². The van der Waals surface area contributed by atoms with E-state index in [4.69, 9.17) is 0 Å². The van der Waals surface area contributed by atoms with Gasteiger partial charge in [0.15, 0.2) is 5.13 Å². The molecule has 1 aliphatic rings. The van der Waals surface area contributed by atoms with Gasteiger partial charge >= 0.3 is 6.03 Å². The Hall–Kier alpha value is -2.31. The van der Waals surface area contributed by atoms with E-state index in [2.05, 4.69) is 15.0 Å². The van der Waals surface area contributed by atoms with Gasteiger partial charge in [-0.05, 0) is 18.2 Å². The second kappa shape index (κ2) is 8.80. The molecule has 3 rings (SSSR count). The highest BCUT2D eigenvalue weighted by Gasteiger charge is 2.23. The Morgan fingerprint density at radius 1 is 1.25 bits per heavy atom. The number of anilines is 2. The number of urea groups is 1. The summed E-state index contributed by atoms with van der Waals surface area (Å²) in [6, 6.07) is 5.45. The first-order valence-corrected chi connectivity index (χ1v) is 10.8. The van der Waals surface area contributed by atoms with Gasteiger partial charge in [-0.1, -0.05) is 6.07 Å². The molecule has 2 heterocycles. The SMILES string of the molecule is O=C(Nc1cccc(S(=O)(=O)Nc2nccs2)c1)N1CCN(CC(F)F)CC1. The Labute approximate surface area is 165 Å². The van der Waals surface area contributed by atoms with Gasteiger partial charge in [-0.25, -0.2) is 27.0 Å². The van der Waals surface area contributed by atoms with Crippen molar-refractivity contribution in [2.24, 2.45) is 0 Å². The van der Waals surface area contributed by atoms with E-state index in [-0.39, 0.29) is 16.6 Å². The third-order valence-electron chi connectivity index (χ3n) is 4.11. The predicted molar refractivity (Wildman–Crippen MR) is 102 cm³/mol. The fourth-order valence-electron chi connectivity index (χ4n) is 2.72. The molecular formula is C16H19F2N5O3S2. The molecule has 8 nitrogen and oxygen atoms in total. The van der Waals surface area contributed by atoms with Crippen molar-refractivity contribution < 1.29 is 22.0 Å². The van der Waals surface area contributed by atoms with Crippen molar-refractivity contribution >= 4 is 38.2 Å². The lowest BCUT2D eigenvalue weighted by atomic mass is 10.3. The molecule has 1 aromatic heterocycles. The van der Waals surface area contributed by atoms with E-state index in [1.54, 1.807) is 16.3 Å². The van der Waals surface area contributed by atoms with E-state index in [0.29, 0.717) is 31.9 Å². The standard InChI is InChI=1S/C16H19F2N5O3S2/c17-14(18)11-22-5-7-23(8-6-22)16(24)20-12-2-1-3-13(10-12)28(25,26)21-15-19-4-9-27-15/h1-4,9-10,14H,5-8,11H2,(H,19,21)(H,20,24). The van der Waals surface area contributed by atoms with Gasteiger partial charge in [0.25, 0.3) is 16.4 Å². The van der Waals surface area contributed by atoms with Crippen LogP contribution in [0.25, 0.3) is 0 Å². The maximum absolute atomic E-state index is 12.4. The first-order chi connectivity index (χ1) is 13.3. The highest BCUT2D eigenvalue weighted by molar-refractivity contribution is 7.93. The van der Waals surface area contributed by atoms with E-state index in [1.165, 1.54) is 29.3 Å². The second-order valence-electron chi connectivity index (χ2n) is 6.08. The third kappa shape index (κ3) is 5.36. The van der Waals surface area contributed by atoms with E-state index >= 15 is 0 Å². The van der Waals surface area contributed by atoms with Crippen LogP contribution >= 0.6 is 11.3 Å². The topological polar surface area (TPSA) is 94.6 Å². The Morgan fingerprint density at radius 2 is 2.00 bits per heavy atom.